The van der Waals surface area contributed by atoms with Crippen LogP contribution in [0.2, 0.25) is 0 Å². The summed E-state index contributed by atoms with van der Waals surface area (Å²) in [5.74, 6) is 0.764. The molecule has 0 spiro atoms. The number of ketones is 1. The molecule has 3 aromatic rings. The van der Waals surface area contributed by atoms with E-state index in [1.54, 1.807) is 31.4 Å². The number of hydrogen-bond acceptors (Lipinski definition) is 5. The summed E-state index contributed by atoms with van der Waals surface area (Å²) in [4.78, 5) is 16.4. The number of nitrogens with zero attached hydrogens (tertiary/aromatic N) is 2. The third-order valence-electron chi connectivity index (χ3n) is 3.00. The normalized spacial score (nSPS) is 10.3. The van der Waals surface area contributed by atoms with Gasteiger partial charge in [0.05, 0.1) is 7.11 Å². The van der Waals surface area contributed by atoms with Crippen LogP contribution in [0.4, 0.5) is 0 Å². The maximum absolute atomic E-state index is 12.3. The van der Waals surface area contributed by atoms with Gasteiger partial charge in [0.25, 0.3) is 5.89 Å². The van der Waals surface area contributed by atoms with Crippen molar-refractivity contribution in [1.29, 1.82) is 0 Å². The summed E-state index contributed by atoms with van der Waals surface area (Å²) in [6.07, 6.45) is 0. The minimum Gasteiger partial charge on any atom is -0.497 e. The smallest absolute Gasteiger partial charge is 0.258 e. The van der Waals surface area contributed by atoms with Crippen molar-refractivity contribution in [2.24, 2.45) is 0 Å². The van der Waals surface area contributed by atoms with Gasteiger partial charge in [-0.2, -0.15) is 4.98 Å². The van der Waals surface area contributed by atoms with E-state index in [0.29, 0.717) is 17.2 Å². The molecule has 1 heterocycles. The molecule has 0 aliphatic heterocycles. The molecule has 0 fully saturated rings. The number of methoxy groups -OCH3 is 1. The molecular formula is C16H12N2O3. The van der Waals surface area contributed by atoms with Crippen molar-refractivity contribution >= 4 is 5.78 Å². The first-order chi connectivity index (χ1) is 10.3. The Hall–Kier alpha value is -2.95. The Labute approximate surface area is 121 Å². The summed E-state index contributed by atoms with van der Waals surface area (Å²) in [5.41, 5.74) is 1.26. The van der Waals surface area contributed by atoms with Crippen molar-refractivity contribution in [3.05, 3.63) is 66.0 Å². The fourth-order valence-corrected chi connectivity index (χ4v) is 1.89. The van der Waals surface area contributed by atoms with Gasteiger partial charge in [-0.1, -0.05) is 23.4 Å². The molecule has 5 nitrogen and oxygen atoms in total. The highest BCUT2D eigenvalue weighted by Gasteiger charge is 2.17. The lowest BCUT2D eigenvalue weighted by molar-refractivity contribution is 0.102. The molecule has 0 bridgehead atoms. The third-order valence-corrected chi connectivity index (χ3v) is 3.00. The van der Waals surface area contributed by atoms with Crippen LogP contribution in [0.25, 0.3) is 11.5 Å². The van der Waals surface area contributed by atoms with E-state index in [-0.39, 0.29) is 11.6 Å². The zero-order valence-electron chi connectivity index (χ0n) is 11.3. The number of benzene rings is 2. The summed E-state index contributed by atoms with van der Waals surface area (Å²) < 4.78 is 10.2. The first-order valence-corrected chi connectivity index (χ1v) is 6.36. The second-order valence-electron chi connectivity index (χ2n) is 4.35. The highest BCUT2D eigenvalue weighted by molar-refractivity contribution is 6.06. The van der Waals surface area contributed by atoms with Crippen LogP contribution < -0.4 is 4.74 Å². The molecule has 21 heavy (non-hydrogen) atoms. The number of carbonyl (C=O) groups excluding carboxylic acids is 1. The van der Waals surface area contributed by atoms with Gasteiger partial charge in [-0.3, -0.25) is 4.79 Å². The molecule has 0 saturated carbocycles. The van der Waals surface area contributed by atoms with Crippen molar-refractivity contribution < 1.29 is 14.1 Å². The largest absolute Gasteiger partial charge is 0.497 e. The maximum atomic E-state index is 12.3. The van der Waals surface area contributed by atoms with Crippen LogP contribution >= 0.6 is 0 Å². The Bertz CT molecular complexity index is 749. The van der Waals surface area contributed by atoms with E-state index in [4.69, 9.17) is 9.26 Å². The van der Waals surface area contributed by atoms with E-state index >= 15 is 0 Å². The average molecular weight is 280 g/mol. The molecule has 104 valence electrons. The molecule has 0 N–H and O–H groups in total. The Balaban J connectivity index is 1.87. The second kappa shape index (κ2) is 5.58. The summed E-state index contributed by atoms with van der Waals surface area (Å²) in [5, 5.41) is 3.74. The maximum Gasteiger partial charge on any atom is 0.258 e. The van der Waals surface area contributed by atoms with Crippen LogP contribution in [0.15, 0.2) is 59.1 Å². The monoisotopic (exact) mass is 280 g/mol. The Kier molecular flexibility index (Phi) is 3.47. The van der Waals surface area contributed by atoms with Crippen molar-refractivity contribution in [3.8, 4) is 17.2 Å². The molecule has 3 rings (SSSR count). The predicted molar refractivity (Wildman–Crippen MR) is 76.2 cm³/mol. The molecule has 1 aromatic heterocycles. The van der Waals surface area contributed by atoms with Crippen LogP contribution in [0.1, 0.15) is 16.2 Å². The van der Waals surface area contributed by atoms with Crippen molar-refractivity contribution in [1.82, 2.24) is 10.1 Å². The fourth-order valence-electron chi connectivity index (χ4n) is 1.89. The molecule has 0 atom stereocenters. The minimum absolute atomic E-state index is 0.0408. The first-order valence-electron chi connectivity index (χ1n) is 6.36. The molecule has 5 heteroatoms. The lowest BCUT2D eigenvalue weighted by atomic mass is 10.1. The van der Waals surface area contributed by atoms with Crippen LogP contribution in [-0.2, 0) is 0 Å². The average Bonchev–Trinajstić information content (AvgIpc) is 3.05. The zero-order chi connectivity index (χ0) is 14.7. The molecule has 0 unspecified atom stereocenters. The molecule has 0 saturated heterocycles. The van der Waals surface area contributed by atoms with Gasteiger partial charge >= 0.3 is 0 Å². The van der Waals surface area contributed by atoms with Gasteiger partial charge in [-0.05, 0) is 36.4 Å². The Morgan fingerprint density at radius 3 is 2.43 bits per heavy atom. The van der Waals surface area contributed by atoms with E-state index in [0.717, 1.165) is 5.56 Å². The van der Waals surface area contributed by atoms with Gasteiger partial charge in [-0.15, -0.1) is 0 Å². The van der Waals surface area contributed by atoms with Gasteiger partial charge in [-0.25, -0.2) is 0 Å². The topological polar surface area (TPSA) is 65.2 Å². The molecule has 0 aliphatic rings. The van der Waals surface area contributed by atoms with Crippen LogP contribution in [0.5, 0.6) is 5.75 Å². The van der Waals surface area contributed by atoms with Gasteiger partial charge in [0.1, 0.15) is 5.75 Å². The van der Waals surface area contributed by atoms with Gasteiger partial charge in [0.2, 0.25) is 11.6 Å². The summed E-state index contributed by atoms with van der Waals surface area (Å²) in [6.45, 7) is 0. The summed E-state index contributed by atoms with van der Waals surface area (Å²) >= 11 is 0. The van der Waals surface area contributed by atoms with Crippen LogP contribution in [-0.4, -0.2) is 23.0 Å². The number of ether oxygens (including phenoxy) is 1. The number of carbonyl (C=O) groups is 1. The van der Waals surface area contributed by atoms with Crippen molar-refractivity contribution in [2.45, 2.75) is 0 Å². The van der Waals surface area contributed by atoms with Crippen LogP contribution in [0, 0.1) is 0 Å². The highest BCUT2D eigenvalue weighted by atomic mass is 16.5. The van der Waals surface area contributed by atoms with E-state index in [1.807, 2.05) is 30.3 Å². The molecule has 0 aliphatic carbocycles. The molecule has 2 aromatic carbocycles. The minimum atomic E-state index is -0.288. The fraction of sp³-hybridized carbons (Fsp3) is 0.0625. The van der Waals surface area contributed by atoms with E-state index in [9.17, 15) is 4.79 Å². The highest BCUT2D eigenvalue weighted by Crippen LogP contribution is 2.18. The number of rotatable bonds is 4. The second-order valence-corrected chi connectivity index (χ2v) is 4.35. The Morgan fingerprint density at radius 1 is 1.05 bits per heavy atom. The SMILES string of the molecule is COc1ccc(C(=O)c2noc(-c3ccccc3)n2)cc1. The third kappa shape index (κ3) is 2.67. The lowest BCUT2D eigenvalue weighted by Gasteiger charge is -1.99. The molecule has 0 amide bonds. The van der Waals surface area contributed by atoms with E-state index in [2.05, 4.69) is 10.1 Å². The van der Waals surface area contributed by atoms with E-state index < -0.39 is 0 Å². The molecule has 0 radical (unpaired) electrons. The number of hydrogen-bond donors (Lipinski definition) is 0. The van der Waals surface area contributed by atoms with Gasteiger partial charge in [0.15, 0.2) is 0 Å². The Morgan fingerprint density at radius 2 is 1.76 bits per heavy atom. The first kappa shape index (κ1) is 13.1. The van der Waals surface area contributed by atoms with E-state index in [1.165, 1.54) is 0 Å². The quantitative estimate of drug-likeness (QED) is 0.687. The lowest BCUT2D eigenvalue weighted by Crippen LogP contribution is -2.03. The molecular weight excluding hydrogens is 268 g/mol. The van der Waals surface area contributed by atoms with Gasteiger partial charge in [0, 0.05) is 11.1 Å². The summed E-state index contributed by atoms with van der Waals surface area (Å²) in [7, 11) is 1.57. The number of aromatic nitrogens is 2. The summed E-state index contributed by atoms with van der Waals surface area (Å²) in [6, 6.07) is 16.1. The van der Waals surface area contributed by atoms with Gasteiger partial charge < -0.3 is 9.26 Å². The predicted octanol–water partition coefficient (Wildman–Crippen LogP) is 2.98. The zero-order valence-corrected chi connectivity index (χ0v) is 11.3. The van der Waals surface area contributed by atoms with Crippen molar-refractivity contribution in [2.75, 3.05) is 7.11 Å². The standard InChI is InChI=1S/C16H12N2O3/c1-20-13-9-7-11(8-10-13)14(19)15-17-16(21-18-15)12-5-3-2-4-6-12/h2-10H,1H3. The van der Waals surface area contributed by atoms with Crippen molar-refractivity contribution in [3.63, 3.8) is 0 Å². The van der Waals surface area contributed by atoms with Crippen LogP contribution in [0.3, 0.4) is 0 Å².